The zero-order chi connectivity index (χ0) is 21.0. The van der Waals surface area contributed by atoms with Crippen LogP contribution in [0.3, 0.4) is 0 Å². The van der Waals surface area contributed by atoms with Crippen LogP contribution in [0.15, 0.2) is 48.5 Å². The summed E-state index contributed by atoms with van der Waals surface area (Å²) in [5, 5.41) is 0. The number of sulfone groups is 1. The van der Waals surface area contributed by atoms with E-state index in [-0.39, 0.29) is 29.7 Å². The van der Waals surface area contributed by atoms with Gasteiger partial charge in [-0.15, -0.1) is 0 Å². The smallest absolute Gasteiger partial charge is 0.264 e. The van der Waals surface area contributed by atoms with Crippen molar-refractivity contribution in [1.29, 1.82) is 0 Å². The molecule has 1 aliphatic rings. The molecule has 7 heteroatoms. The number of hydrogen-bond acceptors (Lipinski definition) is 4. The number of nitrogens with zero attached hydrogens (tertiary/aromatic N) is 1. The summed E-state index contributed by atoms with van der Waals surface area (Å²) in [5.74, 6) is -0.825. The van der Waals surface area contributed by atoms with Crippen LogP contribution >= 0.6 is 0 Å². The van der Waals surface area contributed by atoms with E-state index < -0.39 is 27.8 Å². The molecule has 0 aromatic heterocycles. The second-order valence-electron chi connectivity index (χ2n) is 7.45. The quantitative estimate of drug-likeness (QED) is 0.689. The van der Waals surface area contributed by atoms with Gasteiger partial charge in [0.15, 0.2) is 27.5 Å². The van der Waals surface area contributed by atoms with E-state index in [1.165, 1.54) is 12.1 Å². The van der Waals surface area contributed by atoms with Gasteiger partial charge in [0, 0.05) is 12.6 Å². The molecule has 0 saturated carbocycles. The minimum absolute atomic E-state index is 0.0158. The SMILES string of the molecule is CC[C@H](Oc1ccccc1F)C(=O)N(Cc1ccc(C)cc1)[C@@H]1CCS(=O)(=O)C1. The fourth-order valence-corrected chi connectivity index (χ4v) is 5.22. The molecule has 0 bridgehead atoms. The van der Waals surface area contributed by atoms with Crippen molar-refractivity contribution < 1.29 is 22.3 Å². The number of halogens is 1. The van der Waals surface area contributed by atoms with E-state index in [4.69, 9.17) is 4.74 Å². The lowest BCUT2D eigenvalue weighted by Crippen LogP contribution is -2.47. The summed E-state index contributed by atoms with van der Waals surface area (Å²) in [6.45, 7) is 4.06. The summed E-state index contributed by atoms with van der Waals surface area (Å²) < 4.78 is 43.7. The molecule has 2 aromatic rings. The standard InChI is InChI=1S/C22H26FNO4S/c1-3-20(28-21-7-5-4-6-19(21)23)22(25)24(18-12-13-29(26,27)15-18)14-17-10-8-16(2)9-11-17/h4-11,18,20H,3,12-15H2,1-2H3/t18-,20+/m1/s1. The number of amides is 1. The maximum Gasteiger partial charge on any atom is 0.264 e. The van der Waals surface area contributed by atoms with E-state index in [1.54, 1.807) is 24.0 Å². The molecule has 0 unspecified atom stereocenters. The molecule has 156 valence electrons. The highest BCUT2D eigenvalue weighted by Crippen LogP contribution is 2.24. The lowest BCUT2D eigenvalue weighted by atomic mass is 10.1. The first kappa shape index (κ1) is 21.3. The normalized spacial score (nSPS) is 18.9. The third kappa shape index (κ3) is 5.35. The molecule has 0 spiro atoms. The van der Waals surface area contributed by atoms with Crippen LogP contribution in [0.4, 0.5) is 4.39 Å². The molecule has 0 radical (unpaired) electrons. The van der Waals surface area contributed by atoms with Crippen LogP contribution in [0.1, 0.15) is 30.9 Å². The molecule has 1 fully saturated rings. The second kappa shape index (κ2) is 8.95. The zero-order valence-corrected chi connectivity index (χ0v) is 17.5. The van der Waals surface area contributed by atoms with Gasteiger partial charge in [0.1, 0.15) is 0 Å². The third-order valence-corrected chi connectivity index (χ3v) is 6.91. The minimum atomic E-state index is -3.17. The van der Waals surface area contributed by atoms with Crippen LogP contribution in [0, 0.1) is 12.7 Å². The van der Waals surface area contributed by atoms with Crippen LogP contribution in [-0.4, -0.2) is 42.9 Å². The highest BCUT2D eigenvalue weighted by molar-refractivity contribution is 7.91. The molecule has 1 aliphatic heterocycles. The molecule has 2 atom stereocenters. The monoisotopic (exact) mass is 419 g/mol. The fraction of sp³-hybridized carbons (Fsp3) is 0.409. The number of carbonyl (C=O) groups excluding carboxylic acids is 1. The maximum atomic E-state index is 14.0. The van der Waals surface area contributed by atoms with Crippen molar-refractivity contribution in [2.45, 2.75) is 45.4 Å². The predicted molar refractivity (Wildman–Crippen MR) is 110 cm³/mol. The van der Waals surface area contributed by atoms with Gasteiger partial charge < -0.3 is 9.64 Å². The topological polar surface area (TPSA) is 63.7 Å². The number of benzene rings is 2. The Morgan fingerprint density at radius 3 is 2.48 bits per heavy atom. The zero-order valence-electron chi connectivity index (χ0n) is 16.7. The number of ether oxygens (including phenoxy) is 1. The Labute approximate surface area is 171 Å². The Hall–Kier alpha value is -2.41. The summed E-state index contributed by atoms with van der Waals surface area (Å²) in [5.41, 5.74) is 2.01. The van der Waals surface area contributed by atoms with Crippen LogP contribution in [0.2, 0.25) is 0 Å². The van der Waals surface area contributed by atoms with Crippen molar-refractivity contribution in [2.24, 2.45) is 0 Å². The third-order valence-electron chi connectivity index (χ3n) is 5.16. The van der Waals surface area contributed by atoms with Gasteiger partial charge in [-0.3, -0.25) is 4.79 Å². The molecule has 1 saturated heterocycles. The van der Waals surface area contributed by atoms with Gasteiger partial charge in [-0.25, -0.2) is 12.8 Å². The van der Waals surface area contributed by atoms with Gasteiger partial charge in [-0.05, 0) is 37.5 Å². The Morgan fingerprint density at radius 1 is 1.21 bits per heavy atom. The Bertz CT molecular complexity index is 959. The van der Waals surface area contributed by atoms with Gasteiger partial charge in [0.25, 0.3) is 5.91 Å². The average molecular weight is 420 g/mol. The van der Waals surface area contributed by atoms with Crippen LogP contribution in [-0.2, 0) is 21.2 Å². The van der Waals surface area contributed by atoms with E-state index in [0.29, 0.717) is 12.8 Å². The Morgan fingerprint density at radius 2 is 1.90 bits per heavy atom. The van der Waals surface area contributed by atoms with Gasteiger partial charge >= 0.3 is 0 Å². The lowest BCUT2D eigenvalue weighted by Gasteiger charge is -2.32. The molecule has 2 aromatic carbocycles. The van der Waals surface area contributed by atoms with Crippen molar-refractivity contribution in [3.05, 3.63) is 65.5 Å². The molecular weight excluding hydrogens is 393 g/mol. The second-order valence-corrected chi connectivity index (χ2v) is 9.68. The van der Waals surface area contributed by atoms with Crippen LogP contribution in [0.25, 0.3) is 0 Å². The van der Waals surface area contributed by atoms with Crippen molar-refractivity contribution in [3.8, 4) is 5.75 Å². The number of carbonyl (C=O) groups is 1. The predicted octanol–water partition coefficient (Wildman–Crippen LogP) is 3.51. The van der Waals surface area contributed by atoms with E-state index in [2.05, 4.69) is 0 Å². The number of rotatable bonds is 7. The van der Waals surface area contributed by atoms with Crippen molar-refractivity contribution in [3.63, 3.8) is 0 Å². The first-order valence-electron chi connectivity index (χ1n) is 9.76. The average Bonchev–Trinajstić information content (AvgIpc) is 3.06. The van der Waals surface area contributed by atoms with E-state index in [0.717, 1.165) is 11.1 Å². The molecule has 0 aliphatic carbocycles. The van der Waals surface area contributed by atoms with Crippen molar-refractivity contribution in [2.75, 3.05) is 11.5 Å². The van der Waals surface area contributed by atoms with E-state index in [9.17, 15) is 17.6 Å². The van der Waals surface area contributed by atoms with Crippen LogP contribution < -0.4 is 4.74 Å². The first-order valence-corrected chi connectivity index (χ1v) is 11.6. The number of hydrogen-bond donors (Lipinski definition) is 0. The molecule has 1 amide bonds. The molecule has 29 heavy (non-hydrogen) atoms. The summed E-state index contributed by atoms with van der Waals surface area (Å²) in [6.07, 6.45) is -0.145. The number of para-hydroxylation sites is 1. The maximum absolute atomic E-state index is 14.0. The van der Waals surface area contributed by atoms with Crippen LogP contribution in [0.5, 0.6) is 5.75 Å². The van der Waals surface area contributed by atoms with E-state index >= 15 is 0 Å². The van der Waals surface area contributed by atoms with Gasteiger partial charge in [0.2, 0.25) is 0 Å². The van der Waals surface area contributed by atoms with Gasteiger partial charge in [-0.1, -0.05) is 48.9 Å². The molecule has 0 N–H and O–H groups in total. The summed E-state index contributed by atoms with van der Waals surface area (Å²) in [7, 11) is -3.17. The molecular formula is C22H26FNO4S. The molecule has 5 nitrogen and oxygen atoms in total. The highest BCUT2D eigenvalue weighted by Gasteiger charge is 2.37. The first-order chi connectivity index (χ1) is 13.8. The summed E-state index contributed by atoms with van der Waals surface area (Å²) in [6, 6.07) is 13.3. The largest absolute Gasteiger partial charge is 0.478 e. The van der Waals surface area contributed by atoms with Crippen molar-refractivity contribution in [1.82, 2.24) is 4.90 Å². The molecule has 3 rings (SSSR count). The minimum Gasteiger partial charge on any atom is -0.478 e. The van der Waals surface area contributed by atoms with Gasteiger partial charge in [-0.2, -0.15) is 0 Å². The lowest BCUT2D eigenvalue weighted by molar-refractivity contribution is -0.141. The summed E-state index contributed by atoms with van der Waals surface area (Å²) >= 11 is 0. The Kier molecular flexibility index (Phi) is 6.57. The van der Waals surface area contributed by atoms with E-state index in [1.807, 2.05) is 31.2 Å². The summed E-state index contributed by atoms with van der Waals surface area (Å²) in [4.78, 5) is 14.9. The van der Waals surface area contributed by atoms with Crippen molar-refractivity contribution >= 4 is 15.7 Å². The molecule has 1 heterocycles. The van der Waals surface area contributed by atoms with Gasteiger partial charge in [0.05, 0.1) is 11.5 Å². The highest BCUT2D eigenvalue weighted by atomic mass is 32.2. The number of aryl methyl sites for hydroxylation is 1. The Balaban J connectivity index is 1.85. The fourth-order valence-electron chi connectivity index (χ4n) is 3.49.